The number of anilines is 3. The molecule has 2 N–H and O–H groups in total. The normalized spacial score (nSPS) is 14.8. The van der Waals surface area contributed by atoms with Crippen LogP contribution in [0.3, 0.4) is 0 Å². The zero-order valence-electron chi connectivity index (χ0n) is 23.9. The van der Waals surface area contributed by atoms with Gasteiger partial charge in [-0.3, -0.25) is 14.5 Å². The number of aromatic nitrogens is 2. The molecule has 3 heterocycles. The van der Waals surface area contributed by atoms with Gasteiger partial charge in [0, 0.05) is 29.0 Å². The molecule has 0 atom stereocenters. The number of hydrogen-bond donors (Lipinski definition) is 2. The maximum atomic E-state index is 13.7. The van der Waals surface area contributed by atoms with Gasteiger partial charge in [-0.25, -0.2) is 9.59 Å². The third-order valence-electron chi connectivity index (χ3n) is 7.70. The summed E-state index contributed by atoms with van der Waals surface area (Å²) in [6.07, 6.45) is 0.0857. The molecule has 1 aromatic heterocycles. The lowest BCUT2D eigenvalue weighted by Crippen LogP contribution is -2.41. The van der Waals surface area contributed by atoms with Gasteiger partial charge in [0.2, 0.25) is 5.91 Å². The SMILES string of the molecule is CCOC(=O)n1nc(NC(=O)c2ccc3c(c2)NC(=O)C3(C)C)c2c1CN(C(=O)N(CC)c1ccccc1CC)C2. The molecule has 11 nitrogen and oxygen atoms in total. The van der Waals surface area contributed by atoms with E-state index in [1.54, 1.807) is 34.9 Å². The summed E-state index contributed by atoms with van der Waals surface area (Å²) in [5.74, 6) is -0.418. The zero-order valence-corrected chi connectivity index (χ0v) is 23.9. The molecule has 2 aromatic carbocycles. The Morgan fingerprint density at radius 3 is 2.56 bits per heavy atom. The van der Waals surface area contributed by atoms with E-state index in [-0.39, 0.29) is 37.5 Å². The second kappa shape index (κ2) is 10.7. The van der Waals surface area contributed by atoms with Crippen molar-refractivity contribution in [2.75, 3.05) is 28.7 Å². The van der Waals surface area contributed by atoms with E-state index >= 15 is 0 Å². The number of para-hydroxylation sites is 1. The number of hydrogen-bond acceptors (Lipinski definition) is 6. The highest BCUT2D eigenvalue weighted by atomic mass is 16.6. The largest absolute Gasteiger partial charge is 0.448 e. The van der Waals surface area contributed by atoms with Gasteiger partial charge in [0.15, 0.2) is 5.82 Å². The second-order valence-electron chi connectivity index (χ2n) is 10.5. The summed E-state index contributed by atoms with van der Waals surface area (Å²) in [6, 6.07) is 12.6. The average molecular weight is 559 g/mol. The van der Waals surface area contributed by atoms with Gasteiger partial charge in [-0.15, -0.1) is 5.10 Å². The molecule has 4 amide bonds. The van der Waals surface area contributed by atoms with Gasteiger partial charge >= 0.3 is 12.1 Å². The number of rotatable bonds is 6. The van der Waals surface area contributed by atoms with Crippen molar-refractivity contribution >= 4 is 41.1 Å². The van der Waals surface area contributed by atoms with E-state index in [9.17, 15) is 19.2 Å². The van der Waals surface area contributed by atoms with Crippen LogP contribution in [-0.2, 0) is 34.5 Å². The molecule has 3 aromatic rings. The summed E-state index contributed by atoms with van der Waals surface area (Å²) >= 11 is 0. The standard InChI is InChI=1S/C30H34N6O5/c1-6-18-11-9-10-12-23(18)35(7-2)28(39)34-16-20-24(17-34)36(29(40)41-8-3)33-25(20)32-26(37)19-13-14-21-22(15-19)31-27(38)30(21,4)5/h9-15H,6-8,16-17H2,1-5H3,(H,31,38)(H,32,33,37). The van der Waals surface area contributed by atoms with Gasteiger partial charge in [0.1, 0.15) is 0 Å². The zero-order chi connectivity index (χ0) is 29.5. The lowest BCUT2D eigenvalue weighted by Gasteiger charge is -2.28. The van der Waals surface area contributed by atoms with Crippen LogP contribution in [0.1, 0.15) is 67.4 Å². The number of nitrogens with one attached hydrogen (secondary N) is 2. The molecule has 5 rings (SSSR count). The Balaban J connectivity index is 1.43. The number of fused-ring (bicyclic) bond motifs is 2. The highest BCUT2D eigenvalue weighted by Gasteiger charge is 2.39. The lowest BCUT2D eigenvalue weighted by atomic mass is 9.86. The van der Waals surface area contributed by atoms with Crippen LogP contribution < -0.4 is 15.5 Å². The molecule has 0 saturated carbocycles. The van der Waals surface area contributed by atoms with Gasteiger partial charge < -0.3 is 20.3 Å². The first-order valence-corrected chi connectivity index (χ1v) is 13.8. The van der Waals surface area contributed by atoms with E-state index in [0.29, 0.717) is 29.1 Å². The summed E-state index contributed by atoms with van der Waals surface area (Å²) in [7, 11) is 0. The van der Waals surface area contributed by atoms with Crippen LogP contribution in [0.5, 0.6) is 0 Å². The monoisotopic (exact) mass is 558 g/mol. The first-order valence-electron chi connectivity index (χ1n) is 13.8. The summed E-state index contributed by atoms with van der Waals surface area (Å²) in [6.45, 7) is 10.2. The topological polar surface area (TPSA) is 126 Å². The van der Waals surface area contributed by atoms with Crippen molar-refractivity contribution in [3.63, 3.8) is 0 Å². The molecular weight excluding hydrogens is 524 g/mol. The number of nitrogens with zero attached hydrogens (tertiary/aromatic N) is 4. The molecule has 11 heteroatoms. The molecule has 214 valence electrons. The molecule has 0 saturated heterocycles. The molecule has 0 spiro atoms. The molecule has 2 aliphatic heterocycles. The highest BCUT2D eigenvalue weighted by molar-refractivity contribution is 6.09. The Kier molecular flexibility index (Phi) is 7.29. The van der Waals surface area contributed by atoms with Gasteiger partial charge in [-0.1, -0.05) is 31.2 Å². The van der Waals surface area contributed by atoms with Crippen molar-refractivity contribution in [1.82, 2.24) is 14.7 Å². The predicted molar refractivity (Wildman–Crippen MR) is 154 cm³/mol. The fourth-order valence-corrected chi connectivity index (χ4v) is 5.38. The van der Waals surface area contributed by atoms with Crippen LogP contribution in [-0.4, -0.2) is 51.8 Å². The fraction of sp³-hybridized carbons (Fsp3) is 0.367. The number of benzene rings is 2. The molecule has 41 heavy (non-hydrogen) atoms. The predicted octanol–water partition coefficient (Wildman–Crippen LogP) is 4.89. The van der Waals surface area contributed by atoms with Gasteiger partial charge in [-0.05, 0) is 63.4 Å². The number of urea groups is 1. The van der Waals surface area contributed by atoms with E-state index < -0.39 is 17.4 Å². The van der Waals surface area contributed by atoms with Crippen molar-refractivity contribution in [2.24, 2.45) is 0 Å². The summed E-state index contributed by atoms with van der Waals surface area (Å²) in [4.78, 5) is 55.5. The number of carbonyl (C=O) groups is 4. The first-order chi connectivity index (χ1) is 19.6. The van der Waals surface area contributed by atoms with Crippen LogP contribution in [0.2, 0.25) is 0 Å². The molecule has 0 fully saturated rings. The maximum Gasteiger partial charge on any atom is 0.435 e. The van der Waals surface area contributed by atoms with Gasteiger partial charge in [-0.2, -0.15) is 4.68 Å². The smallest absolute Gasteiger partial charge is 0.435 e. The van der Waals surface area contributed by atoms with Crippen molar-refractivity contribution in [3.05, 3.63) is 70.4 Å². The summed E-state index contributed by atoms with van der Waals surface area (Å²) in [5.41, 5.74) is 3.96. The van der Waals surface area contributed by atoms with E-state index in [2.05, 4.69) is 15.7 Å². The van der Waals surface area contributed by atoms with E-state index in [0.717, 1.165) is 27.9 Å². The Bertz CT molecular complexity index is 1560. The van der Waals surface area contributed by atoms with Crippen molar-refractivity contribution in [2.45, 2.75) is 59.5 Å². The third kappa shape index (κ3) is 4.81. The minimum absolute atomic E-state index is 0.126. The quantitative estimate of drug-likeness (QED) is 0.444. The van der Waals surface area contributed by atoms with E-state index in [1.807, 2.05) is 52.0 Å². The Hall–Kier alpha value is -4.67. The Labute approximate surface area is 238 Å². The van der Waals surface area contributed by atoms with Crippen LogP contribution in [0, 0.1) is 0 Å². The van der Waals surface area contributed by atoms with Crippen LogP contribution in [0.4, 0.5) is 26.8 Å². The summed E-state index contributed by atoms with van der Waals surface area (Å²) in [5, 5.41) is 9.99. The van der Waals surface area contributed by atoms with Crippen molar-refractivity contribution in [3.8, 4) is 0 Å². The highest BCUT2D eigenvalue weighted by Crippen LogP contribution is 2.38. The molecule has 0 bridgehead atoms. The molecular formula is C30H34N6O5. The number of amides is 4. The molecule has 0 aliphatic carbocycles. The molecule has 0 unspecified atom stereocenters. The van der Waals surface area contributed by atoms with Crippen molar-refractivity contribution in [1.29, 1.82) is 0 Å². The van der Waals surface area contributed by atoms with Crippen LogP contribution in [0.25, 0.3) is 0 Å². The van der Waals surface area contributed by atoms with E-state index in [1.165, 1.54) is 0 Å². The number of ether oxygens (including phenoxy) is 1. The van der Waals surface area contributed by atoms with Crippen LogP contribution in [0.15, 0.2) is 42.5 Å². The second-order valence-corrected chi connectivity index (χ2v) is 10.5. The minimum atomic E-state index is -0.691. The Morgan fingerprint density at radius 1 is 1.10 bits per heavy atom. The number of aryl methyl sites for hydroxylation is 1. The third-order valence-corrected chi connectivity index (χ3v) is 7.70. The average Bonchev–Trinajstić information content (AvgIpc) is 3.60. The van der Waals surface area contributed by atoms with Crippen LogP contribution >= 0.6 is 0 Å². The van der Waals surface area contributed by atoms with E-state index in [4.69, 9.17) is 4.74 Å². The molecule has 2 aliphatic rings. The minimum Gasteiger partial charge on any atom is -0.448 e. The van der Waals surface area contributed by atoms with Gasteiger partial charge in [0.25, 0.3) is 5.91 Å². The fourth-order valence-electron chi connectivity index (χ4n) is 5.38. The first kappa shape index (κ1) is 27.9. The Morgan fingerprint density at radius 2 is 1.85 bits per heavy atom. The maximum absolute atomic E-state index is 13.7. The lowest BCUT2D eigenvalue weighted by molar-refractivity contribution is -0.119. The van der Waals surface area contributed by atoms with Gasteiger partial charge in [0.05, 0.1) is 30.8 Å². The van der Waals surface area contributed by atoms with Crippen molar-refractivity contribution < 1.29 is 23.9 Å². The number of carbonyl (C=O) groups excluding carboxylic acids is 4. The molecule has 0 radical (unpaired) electrons. The summed E-state index contributed by atoms with van der Waals surface area (Å²) < 4.78 is 6.31.